The Kier molecular flexibility index (Phi) is 4.56. The molecule has 0 radical (unpaired) electrons. The van der Waals surface area contributed by atoms with E-state index in [2.05, 4.69) is 16.9 Å². The van der Waals surface area contributed by atoms with Crippen molar-refractivity contribution in [1.82, 2.24) is 9.55 Å². The van der Waals surface area contributed by atoms with E-state index >= 15 is 0 Å². The van der Waals surface area contributed by atoms with Crippen molar-refractivity contribution >= 4 is 5.82 Å². The summed E-state index contributed by atoms with van der Waals surface area (Å²) in [5, 5.41) is 3.02. The fourth-order valence-corrected chi connectivity index (χ4v) is 2.49. The van der Waals surface area contributed by atoms with E-state index in [1.807, 2.05) is 12.3 Å². The second kappa shape index (κ2) is 6.38. The van der Waals surface area contributed by atoms with Gasteiger partial charge in [-0.05, 0) is 24.8 Å². The monoisotopic (exact) mass is 247 g/mol. The average Bonchev–Trinajstić information content (AvgIpc) is 2.40. The number of nitrogens with one attached hydrogen (secondary N) is 1. The van der Waals surface area contributed by atoms with Crippen molar-refractivity contribution in [3.63, 3.8) is 0 Å². The van der Waals surface area contributed by atoms with Gasteiger partial charge in [0, 0.05) is 19.3 Å². The van der Waals surface area contributed by atoms with E-state index < -0.39 is 0 Å². The number of hydrogen-bond donors (Lipinski definition) is 1. The Balaban J connectivity index is 2.00. The van der Waals surface area contributed by atoms with Crippen molar-refractivity contribution < 1.29 is 0 Å². The Bertz CT molecular complexity index is 447. The van der Waals surface area contributed by atoms with Gasteiger partial charge in [0.05, 0.1) is 0 Å². The first-order valence-corrected chi connectivity index (χ1v) is 6.72. The third-order valence-corrected chi connectivity index (χ3v) is 3.48. The van der Waals surface area contributed by atoms with Gasteiger partial charge >= 0.3 is 5.69 Å². The predicted molar refractivity (Wildman–Crippen MR) is 73.8 cm³/mol. The zero-order valence-electron chi connectivity index (χ0n) is 10.8. The molecule has 1 aromatic rings. The van der Waals surface area contributed by atoms with Gasteiger partial charge in [-0.25, -0.2) is 4.79 Å². The number of rotatable bonds is 5. The van der Waals surface area contributed by atoms with Gasteiger partial charge in [-0.2, -0.15) is 4.98 Å². The summed E-state index contributed by atoms with van der Waals surface area (Å²) < 4.78 is 1.73. The van der Waals surface area contributed by atoms with E-state index in [9.17, 15) is 4.79 Å². The topological polar surface area (TPSA) is 46.9 Å². The summed E-state index contributed by atoms with van der Waals surface area (Å²) in [6, 6.07) is 1.85. The van der Waals surface area contributed by atoms with Gasteiger partial charge < -0.3 is 5.32 Å². The molecular weight excluding hydrogens is 226 g/mol. The van der Waals surface area contributed by atoms with Crippen molar-refractivity contribution in [1.29, 1.82) is 0 Å². The van der Waals surface area contributed by atoms with Crippen molar-refractivity contribution in [3.8, 4) is 0 Å². The van der Waals surface area contributed by atoms with Gasteiger partial charge in [0.1, 0.15) is 5.82 Å². The zero-order chi connectivity index (χ0) is 12.8. The Morgan fingerprint density at radius 1 is 1.44 bits per heavy atom. The molecule has 0 aliphatic heterocycles. The Morgan fingerprint density at radius 3 is 2.89 bits per heavy atom. The first-order chi connectivity index (χ1) is 8.79. The van der Waals surface area contributed by atoms with Crippen LogP contribution >= 0.6 is 0 Å². The molecule has 0 aromatic carbocycles. The van der Waals surface area contributed by atoms with Crippen LogP contribution in [0, 0.1) is 5.92 Å². The third kappa shape index (κ3) is 3.45. The summed E-state index contributed by atoms with van der Waals surface area (Å²) in [4.78, 5) is 15.9. The normalized spacial score (nSPS) is 16.4. The van der Waals surface area contributed by atoms with E-state index in [1.54, 1.807) is 10.6 Å². The molecule has 4 nitrogen and oxygen atoms in total. The van der Waals surface area contributed by atoms with E-state index in [-0.39, 0.29) is 5.69 Å². The third-order valence-electron chi connectivity index (χ3n) is 3.48. The predicted octanol–water partition coefficient (Wildman–Crippen LogP) is 2.42. The number of anilines is 1. The zero-order valence-corrected chi connectivity index (χ0v) is 10.8. The highest BCUT2D eigenvalue weighted by molar-refractivity contribution is 5.32. The van der Waals surface area contributed by atoms with Crippen LogP contribution in [0.4, 0.5) is 5.82 Å². The van der Waals surface area contributed by atoms with Gasteiger partial charge in [0.2, 0.25) is 0 Å². The van der Waals surface area contributed by atoms with Crippen LogP contribution in [0.15, 0.2) is 29.7 Å². The summed E-state index contributed by atoms with van der Waals surface area (Å²) in [5.74, 6) is 1.27. The largest absolute Gasteiger partial charge is 0.366 e. The number of hydrogen-bond acceptors (Lipinski definition) is 3. The molecule has 0 atom stereocenters. The second-order valence-electron chi connectivity index (χ2n) is 4.92. The van der Waals surface area contributed by atoms with Gasteiger partial charge in [-0.3, -0.25) is 4.57 Å². The van der Waals surface area contributed by atoms with Crippen LogP contribution in [-0.2, 0) is 6.54 Å². The number of nitrogens with zero attached hydrogens (tertiary/aromatic N) is 2. The molecule has 1 aliphatic rings. The number of aromatic nitrogens is 2. The molecular formula is C14H21N3O. The van der Waals surface area contributed by atoms with E-state index in [0.717, 1.165) is 6.54 Å². The summed E-state index contributed by atoms with van der Waals surface area (Å²) in [6.45, 7) is 5.06. The highest BCUT2D eigenvalue weighted by Crippen LogP contribution is 2.24. The van der Waals surface area contributed by atoms with Crippen molar-refractivity contribution in [2.45, 2.75) is 38.6 Å². The SMILES string of the molecule is C=CCNc1ccn(CC2CCCCC2)c(=O)n1. The summed E-state index contributed by atoms with van der Waals surface area (Å²) in [5.41, 5.74) is -0.158. The maximum Gasteiger partial charge on any atom is 0.349 e. The minimum atomic E-state index is -0.158. The van der Waals surface area contributed by atoms with Crippen LogP contribution in [0.2, 0.25) is 0 Å². The standard InChI is InChI=1S/C14H21N3O/c1-2-9-15-13-8-10-17(14(18)16-13)11-12-6-4-3-5-7-12/h2,8,10,12H,1,3-7,9,11H2,(H,15,16,18). The first-order valence-electron chi connectivity index (χ1n) is 6.72. The maximum absolute atomic E-state index is 11.9. The smallest absolute Gasteiger partial charge is 0.349 e. The quantitative estimate of drug-likeness (QED) is 0.813. The van der Waals surface area contributed by atoms with E-state index in [0.29, 0.717) is 18.3 Å². The molecule has 4 heteroatoms. The molecule has 0 unspecified atom stereocenters. The van der Waals surface area contributed by atoms with E-state index in [4.69, 9.17) is 0 Å². The molecule has 1 N–H and O–H groups in total. The summed E-state index contributed by atoms with van der Waals surface area (Å²) in [7, 11) is 0. The lowest BCUT2D eigenvalue weighted by Crippen LogP contribution is -2.27. The molecule has 98 valence electrons. The fraction of sp³-hybridized carbons (Fsp3) is 0.571. The molecule has 1 fully saturated rings. The Labute approximate surface area is 108 Å². The van der Waals surface area contributed by atoms with Crippen LogP contribution < -0.4 is 11.0 Å². The molecule has 2 rings (SSSR count). The minimum absolute atomic E-state index is 0.158. The van der Waals surface area contributed by atoms with Gasteiger partial charge in [0.15, 0.2) is 0 Å². The fourth-order valence-electron chi connectivity index (χ4n) is 2.49. The first kappa shape index (κ1) is 12.9. The van der Waals surface area contributed by atoms with Crippen molar-refractivity contribution in [2.24, 2.45) is 5.92 Å². The highest BCUT2D eigenvalue weighted by Gasteiger charge is 2.14. The Hall–Kier alpha value is -1.58. The van der Waals surface area contributed by atoms with Crippen LogP contribution in [0.5, 0.6) is 0 Å². The summed E-state index contributed by atoms with van der Waals surface area (Å²) in [6.07, 6.45) is 10.0. The molecule has 18 heavy (non-hydrogen) atoms. The van der Waals surface area contributed by atoms with E-state index in [1.165, 1.54) is 32.1 Å². The molecule has 1 aliphatic carbocycles. The molecule has 1 heterocycles. The van der Waals surface area contributed by atoms with Crippen molar-refractivity contribution in [2.75, 3.05) is 11.9 Å². The Morgan fingerprint density at radius 2 is 2.22 bits per heavy atom. The molecule has 0 amide bonds. The van der Waals surface area contributed by atoms with Crippen LogP contribution in [0.1, 0.15) is 32.1 Å². The summed E-state index contributed by atoms with van der Waals surface area (Å²) >= 11 is 0. The molecule has 1 saturated carbocycles. The van der Waals surface area contributed by atoms with Crippen LogP contribution in [-0.4, -0.2) is 16.1 Å². The van der Waals surface area contributed by atoms with Gasteiger partial charge in [0.25, 0.3) is 0 Å². The van der Waals surface area contributed by atoms with Crippen LogP contribution in [0.25, 0.3) is 0 Å². The molecule has 0 bridgehead atoms. The molecule has 0 saturated heterocycles. The van der Waals surface area contributed by atoms with Gasteiger partial charge in [-0.1, -0.05) is 25.3 Å². The second-order valence-corrected chi connectivity index (χ2v) is 4.92. The molecule has 1 aromatic heterocycles. The van der Waals surface area contributed by atoms with Gasteiger partial charge in [-0.15, -0.1) is 6.58 Å². The van der Waals surface area contributed by atoms with Crippen LogP contribution in [0.3, 0.4) is 0 Å². The maximum atomic E-state index is 11.9. The minimum Gasteiger partial charge on any atom is -0.366 e. The lowest BCUT2D eigenvalue weighted by molar-refractivity contribution is 0.314. The lowest BCUT2D eigenvalue weighted by atomic mass is 9.89. The average molecular weight is 247 g/mol. The molecule has 0 spiro atoms. The van der Waals surface area contributed by atoms with Crippen molar-refractivity contribution in [3.05, 3.63) is 35.4 Å². The highest BCUT2D eigenvalue weighted by atomic mass is 16.1. The lowest BCUT2D eigenvalue weighted by Gasteiger charge is -2.22.